The van der Waals surface area contributed by atoms with Crippen LogP contribution in [0.15, 0.2) is 0 Å². The molecule has 0 bridgehead atoms. The van der Waals surface area contributed by atoms with Crippen LogP contribution in [0.3, 0.4) is 0 Å². The Labute approximate surface area is 364 Å². The smallest absolute Gasteiger partial charge is 0.187 e. The summed E-state index contributed by atoms with van der Waals surface area (Å²) >= 11 is 0. The Hall–Kier alpha value is -0.680. The third kappa shape index (κ3) is 8.15. The van der Waals surface area contributed by atoms with Crippen LogP contribution in [0.5, 0.6) is 0 Å². The first kappa shape index (κ1) is 47.8. The fraction of sp³-hybridized carbons (Fsp3) is 1.00. The molecule has 27 atom stereocenters. The second kappa shape index (κ2) is 18.1. The van der Waals surface area contributed by atoms with Crippen LogP contribution in [0.4, 0.5) is 0 Å². The lowest BCUT2D eigenvalue weighted by molar-refractivity contribution is -0.389. The van der Waals surface area contributed by atoms with Crippen molar-refractivity contribution in [1.82, 2.24) is 0 Å². The Bertz CT molecular complexity index is 1530. The second-order valence-corrected chi connectivity index (χ2v) is 21.4. The SMILES string of the molecule is CC(CO)CCC1(O)OC2CC3C4CCC5CC(OC6OC(CO)C(OC7OC(C)C(O)C(O)C7O)C(O)C6OC6OC(C)C(O)C(O)C6O)CCC5(C)C4CCC3(C)C2C1C. The zero-order valence-electron chi connectivity index (χ0n) is 37.2. The van der Waals surface area contributed by atoms with Gasteiger partial charge in [0, 0.05) is 18.9 Å². The highest BCUT2D eigenvalue weighted by Gasteiger charge is 2.68. The molecule has 0 radical (unpaired) electrons. The molecule has 4 saturated carbocycles. The quantitative estimate of drug-likeness (QED) is 0.125. The molecule has 0 amide bonds. The van der Waals surface area contributed by atoms with Crippen LogP contribution >= 0.6 is 0 Å². The van der Waals surface area contributed by atoms with Crippen LogP contribution in [0.1, 0.15) is 106 Å². The van der Waals surface area contributed by atoms with Gasteiger partial charge in [-0.1, -0.05) is 27.7 Å². The minimum absolute atomic E-state index is 0.0101. The molecule has 0 aromatic rings. The van der Waals surface area contributed by atoms with Crippen LogP contribution < -0.4 is 0 Å². The Kier molecular flexibility index (Phi) is 13.9. The number of rotatable bonds is 11. The van der Waals surface area contributed by atoms with Gasteiger partial charge < -0.3 is 84.2 Å². The van der Waals surface area contributed by atoms with Gasteiger partial charge in [0.2, 0.25) is 0 Å². The van der Waals surface area contributed by atoms with Crippen molar-refractivity contribution in [3.8, 4) is 0 Å². The normalized spacial score (nSPS) is 57.0. The standard InChI is InChI=1S/C45H76O17/c1-19(17-46)9-14-45(55)20(2)30-28(62-45)16-27-25-8-7-23-15-24(10-12-43(23,5)26(25)11-13-44(27,30)6)58-42-39(61-41-36(53)34(51)32(49)22(4)57-41)37(54)38(29(18-47)59-42)60-40-35(52)33(50)31(48)21(3)56-40/h19-42,46-55H,7-18H2,1-6H3. The molecular weight excluding hydrogens is 812 g/mol. The molecule has 358 valence electrons. The molecular formula is C45H76O17. The molecule has 4 aliphatic carbocycles. The van der Waals surface area contributed by atoms with Gasteiger partial charge in [0.1, 0.15) is 61.0 Å². The van der Waals surface area contributed by atoms with E-state index in [0.717, 1.165) is 51.4 Å². The van der Waals surface area contributed by atoms with Crippen LogP contribution in [0.2, 0.25) is 0 Å². The topological polar surface area (TPSA) is 267 Å². The number of hydrogen-bond acceptors (Lipinski definition) is 17. The number of aliphatic hydroxyl groups excluding tert-OH is 9. The molecule has 4 saturated heterocycles. The molecule has 4 heterocycles. The maximum Gasteiger partial charge on any atom is 0.187 e. The lowest BCUT2D eigenvalue weighted by Crippen LogP contribution is -2.66. The molecule has 10 N–H and O–H groups in total. The summed E-state index contributed by atoms with van der Waals surface area (Å²) in [5.74, 6) is 1.16. The first-order valence-corrected chi connectivity index (χ1v) is 23.6. The Balaban J connectivity index is 0.962. The molecule has 27 unspecified atom stereocenters. The van der Waals surface area contributed by atoms with Crippen molar-refractivity contribution in [3.05, 3.63) is 0 Å². The maximum atomic E-state index is 12.0. The summed E-state index contributed by atoms with van der Waals surface area (Å²) in [6, 6.07) is 0. The zero-order valence-corrected chi connectivity index (χ0v) is 37.2. The van der Waals surface area contributed by atoms with E-state index in [0.29, 0.717) is 36.5 Å². The summed E-state index contributed by atoms with van der Waals surface area (Å²) in [7, 11) is 0. The zero-order chi connectivity index (χ0) is 44.8. The maximum absolute atomic E-state index is 12.0. The van der Waals surface area contributed by atoms with Crippen molar-refractivity contribution in [2.24, 2.45) is 52.3 Å². The summed E-state index contributed by atoms with van der Waals surface area (Å²) in [5, 5.41) is 107. The van der Waals surface area contributed by atoms with Gasteiger partial charge in [-0.05, 0) is 118 Å². The Morgan fingerprint density at radius 2 is 1.26 bits per heavy atom. The molecule has 8 rings (SSSR count). The highest BCUT2D eigenvalue weighted by Crippen LogP contribution is 2.71. The Morgan fingerprint density at radius 3 is 1.87 bits per heavy atom. The van der Waals surface area contributed by atoms with E-state index in [2.05, 4.69) is 20.8 Å². The largest absolute Gasteiger partial charge is 0.396 e. The van der Waals surface area contributed by atoms with Gasteiger partial charge >= 0.3 is 0 Å². The van der Waals surface area contributed by atoms with E-state index in [1.54, 1.807) is 0 Å². The van der Waals surface area contributed by atoms with Gasteiger partial charge in [-0.25, -0.2) is 0 Å². The van der Waals surface area contributed by atoms with E-state index < -0.39 is 105 Å². The van der Waals surface area contributed by atoms with Crippen LogP contribution in [0, 0.1) is 52.3 Å². The average molecular weight is 889 g/mol. The van der Waals surface area contributed by atoms with Crippen molar-refractivity contribution >= 4 is 0 Å². The minimum atomic E-state index is -1.71. The molecule has 0 spiro atoms. The predicted molar refractivity (Wildman–Crippen MR) is 216 cm³/mol. The number of hydrogen-bond donors (Lipinski definition) is 10. The van der Waals surface area contributed by atoms with E-state index in [9.17, 15) is 51.1 Å². The summed E-state index contributed by atoms with van der Waals surface area (Å²) < 4.78 is 43.2. The monoisotopic (exact) mass is 889 g/mol. The van der Waals surface area contributed by atoms with Gasteiger partial charge in [-0.3, -0.25) is 0 Å². The van der Waals surface area contributed by atoms with Crippen molar-refractivity contribution in [2.45, 2.75) is 216 Å². The lowest BCUT2D eigenvalue weighted by Gasteiger charge is -2.61. The fourth-order valence-corrected chi connectivity index (χ4v) is 14.1. The van der Waals surface area contributed by atoms with E-state index in [1.165, 1.54) is 13.8 Å². The van der Waals surface area contributed by atoms with Crippen molar-refractivity contribution < 1.29 is 84.2 Å². The van der Waals surface area contributed by atoms with Crippen LogP contribution in [0.25, 0.3) is 0 Å². The third-order valence-electron chi connectivity index (χ3n) is 17.9. The number of aliphatic hydroxyl groups is 10. The molecule has 0 aromatic carbocycles. The van der Waals surface area contributed by atoms with Crippen LogP contribution in [-0.4, -0.2) is 174 Å². The van der Waals surface area contributed by atoms with Gasteiger partial charge in [-0.2, -0.15) is 0 Å². The first-order chi connectivity index (χ1) is 29.3. The molecule has 8 fully saturated rings. The van der Waals surface area contributed by atoms with E-state index in [4.69, 9.17) is 33.2 Å². The summed E-state index contributed by atoms with van der Waals surface area (Å²) in [5.41, 5.74) is 0.136. The summed E-state index contributed by atoms with van der Waals surface area (Å²) in [6.45, 7) is 11.5. The highest BCUT2D eigenvalue weighted by atomic mass is 16.8. The van der Waals surface area contributed by atoms with Gasteiger partial charge in [0.15, 0.2) is 24.7 Å². The van der Waals surface area contributed by atoms with E-state index in [1.807, 2.05) is 6.92 Å². The number of fused-ring (bicyclic) bond motifs is 7. The van der Waals surface area contributed by atoms with Crippen molar-refractivity contribution in [3.63, 3.8) is 0 Å². The summed E-state index contributed by atoms with van der Waals surface area (Å²) in [4.78, 5) is 0. The Morgan fingerprint density at radius 1 is 0.645 bits per heavy atom. The predicted octanol–water partition coefficient (Wildman–Crippen LogP) is 0.276. The van der Waals surface area contributed by atoms with E-state index in [-0.39, 0.29) is 47.4 Å². The average Bonchev–Trinajstić information content (AvgIpc) is 3.68. The van der Waals surface area contributed by atoms with Gasteiger partial charge in [0.25, 0.3) is 0 Å². The molecule has 0 aromatic heterocycles. The third-order valence-corrected chi connectivity index (χ3v) is 17.9. The minimum Gasteiger partial charge on any atom is -0.396 e. The van der Waals surface area contributed by atoms with E-state index >= 15 is 0 Å². The lowest BCUT2D eigenvalue weighted by atomic mass is 9.44. The van der Waals surface area contributed by atoms with Gasteiger partial charge in [-0.15, -0.1) is 0 Å². The van der Waals surface area contributed by atoms with Crippen molar-refractivity contribution in [2.75, 3.05) is 13.2 Å². The second-order valence-electron chi connectivity index (χ2n) is 21.4. The highest BCUT2D eigenvalue weighted by molar-refractivity contribution is 5.15. The summed E-state index contributed by atoms with van der Waals surface area (Å²) in [6.07, 6.45) is -13.0. The van der Waals surface area contributed by atoms with Gasteiger partial charge in [0.05, 0.1) is 31.0 Å². The number of ether oxygens (including phenoxy) is 7. The van der Waals surface area contributed by atoms with Crippen LogP contribution in [-0.2, 0) is 33.2 Å². The molecule has 17 heteroatoms. The molecule has 17 nitrogen and oxygen atoms in total. The molecule has 8 aliphatic rings. The van der Waals surface area contributed by atoms with Crippen molar-refractivity contribution in [1.29, 1.82) is 0 Å². The first-order valence-electron chi connectivity index (χ1n) is 23.6. The molecule has 62 heavy (non-hydrogen) atoms. The fourth-order valence-electron chi connectivity index (χ4n) is 14.1. The molecule has 4 aliphatic heterocycles.